The van der Waals surface area contributed by atoms with Crippen LogP contribution in [0.25, 0.3) is 0 Å². The maximum Gasteiger partial charge on any atom is 0.488 e. The molecule has 1 rings (SSSR count). The SMILES string of the molecule is CCCN(CCC)Cc1cccc(B(O)O)c1. The molecule has 0 bridgehead atoms. The fourth-order valence-electron chi connectivity index (χ4n) is 2.01. The van der Waals surface area contributed by atoms with Crippen molar-refractivity contribution in [3.63, 3.8) is 0 Å². The number of nitrogens with zero attached hydrogens (tertiary/aromatic N) is 1. The minimum absolute atomic E-state index is 0.565. The van der Waals surface area contributed by atoms with Crippen molar-refractivity contribution in [2.24, 2.45) is 0 Å². The van der Waals surface area contributed by atoms with E-state index >= 15 is 0 Å². The van der Waals surface area contributed by atoms with Gasteiger partial charge in [0.05, 0.1) is 0 Å². The van der Waals surface area contributed by atoms with Gasteiger partial charge in [0.1, 0.15) is 0 Å². The van der Waals surface area contributed by atoms with Gasteiger partial charge in [0.15, 0.2) is 0 Å². The molecule has 0 aromatic heterocycles. The lowest BCUT2D eigenvalue weighted by molar-refractivity contribution is 0.266. The van der Waals surface area contributed by atoms with Crippen LogP contribution in [0, 0.1) is 0 Å². The number of rotatable bonds is 7. The van der Waals surface area contributed by atoms with Gasteiger partial charge in [0.2, 0.25) is 0 Å². The highest BCUT2D eigenvalue weighted by Crippen LogP contribution is 2.05. The molecule has 0 radical (unpaired) electrons. The minimum Gasteiger partial charge on any atom is -0.423 e. The molecule has 17 heavy (non-hydrogen) atoms. The molecular weight excluding hydrogens is 213 g/mol. The smallest absolute Gasteiger partial charge is 0.423 e. The quantitative estimate of drug-likeness (QED) is 0.692. The number of benzene rings is 1. The first-order chi connectivity index (χ1) is 8.17. The summed E-state index contributed by atoms with van der Waals surface area (Å²) in [7, 11) is -1.37. The second-order valence-electron chi connectivity index (χ2n) is 4.39. The van der Waals surface area contributed by atoms with Crippen LogP contribution in [0.3, 0.4) is 0 Å². The molecule has 0 heterocycles. The lowest BCUT2D eigenvalue weighted by atomic mass is 9.79. The van der Waals surface area contributed by atoms with Crippen LogP contribution in [0.5, 0.6) is 0 Å². The lowest BCUT2D eigenvalue weighted by Gasteiger charge is -2.21. The zero-order chi connectivity index (χ0) is 12.7. The predicted molar refractivity (Wildman–Crippen MR) is 72.1 cm³/mol. The summed E-state index contributed by atoms with van der Waals surface area (Å²) < 4.78 is 0. The molecule has 0 aliphatic heterocycles. The van der Waals surface area contributed by atoms with E-state index in [4.69, 9.17) is 10.0 Å². The second kappa shape index (κ2) is 7.48. The minimum atomic E-state index is -1.37. The summed E-state index contributed by atoms with van der Waals surface area (Å²) >= 11 is 0. The molecule has 94 valence electrons. The van der Waals surface area contributed by atoms with Crippen LogP contribution in [0.2, 0.25) is 0 Å². The van der Waals surface area contributed by atoms with Crippen molar-refractivity contribution in [1.82, 2.24) is 4.90 Å². The summed E-state index contributed by atoms with van der Waals surface area (Å²) in [6, 6.07) is 7.51. The Kier molecular flexibility index (Phi) is 6.26. The van der Waals surface area contributed by atoms with Gasteiger partial charge in [-0.2, -0.15) is 0 Å². The molecule has 0 atom stereocenters. The van der Waals surface area contributed by atoms with E-state index in [1.807, 2.05) is 18.2 Å². The molecule has 4 heteroatoms. The van der Waals surface area contributed by atoms with E-state index in [9.17, 15) is 0 Å². The van der Waals surface area contributed by atoms with E-state index in [0.717, 1.165) is 38.0 Å². The van der Waals surface area contributed by atoms with Gasteiger partial charge in [0.25, 0.3) is 0 Å². The van der Waals surface area contributed by atoms with Gasteiger partial charge in [-0.3, -0.25) is 4.90 Å². The Labute approximate surface area is 104 Å². The van der Waals surface area contributed by atoms with E-state index in [1.54, 1.807) is 6.07 Å². The first-order valence-corrected chi connectivity index (χ1v) is 6.34. The van der Waals surface area contributed by atoms with E-state index in [2.05, 4.69) is 18.7 Å². The van der Waals surface area contributed by atoms with Crippen LogP contribution in [0.1, 0.15) is 32.3 Å². The van der Waals surface area contributed by atoms with Crippen molar-refractivity contribution >= 4 is 12.6 Å². The molecule has 0 spiro atoms. The predicted octanol–water partition coefficient (Wildman–Crippen LogP) is 0.988. The summed E-state index contributed by atoms with van der Waals surface area (Å²) in [6.07, 6.45) is 2.28. The molecule has 1 aromatic carbocycles. The topological polar surface area (TPSA) is 43.7 Å². The summed E-state index contributed by atoms with van der Waals surface area (Å²) in [5, 5.41) is 18.3. The molecule has 0 amide bonds. The monoisotopic (exact) mass is 235 g/mol. The zero-order valence-corrected chi connectivity index (χ0v) is 10.8. The highest BCUT2D eigenvalue weighted by Gasteiger charge is 2.11. The molecule has 0 aliphatic carbocycles. The van der Waals surface area contributed by atoms with Gasteiger partial charge < -0.3 is 10.0 Å². The molecule has 0 aliphatic rings. The van der Waals surface area contributed by atoms with Gasteiger partial charge in [-0.15, -0.1) is 0 Å². The lowest BCUT2D eigenvalue weighted by Crippen LogP contribution is -2.31. The first kappa shape index (κ1) is 14.2. The standard InChI is InChI=1S/C13H22BNO2/c1-3-8-15(9-4-2)11-12-6-5-7-13(10-12)14(16)17/h5-7,10,16-17H,3-4,8-9,11H2,1-2H3. The van der Waals surface area contributed by atoms with Crippen molar-refractivity contribution in [1.29, 1.82) is 0 Å². The fraction of sp³-hybridized carbons (Fsp3) is 0.538. The average Bonchev–Trinajstić information content (AvgIpc) is 2.30. The Morgan fingerprint density at radius 2 is 1.76 bits per heavy atom. The third-order valence-corrected chi connectivity index (χ3v) is 2.74. The Bertz CT molecular complexity index is 325. The van der Waals surface area contributed by atoms with E-state index < -0.39 is 7.12 Å². The Hall–Kier alpha value is -0.835. The van der Waals surface area contributed by atoms with Gasteiger partial charge in [-0.1, -0.05) is 38.1 Å². The highest BCUT2D eigenvalue weighted by molar-refractivity contribution is 6.58. The Balaban J connectivity index is 2.67. The first-order valence-electron chi connectivity index (χ1n) is 6.34. The van der Waals surface area contributed by atoms with E-state index in [1.165, 1.54) is 0 Å². The van der Waals surface area contributed by atoms with Crippen molar-refractivity contribution in [2.45, 2.75) is 33.2 Å². The van der Waals surface area contributed by atoms with Crippen LogP contribution in [-0.2, 0) is 6.54 Å². The van der Waals surface area contributed by atoms with Crippen molar-refractivity contribution in [2.75, 3.05) is 13.1 Å². The van der Waals surface area contributed by atoms with E-state index in [-0.39, 0.29) is 0 Å². The van der Waals surface area contributed by atoms with Crippen molar-refractivity contribution < 1.29 is 10.0 Å². The largest absolute Gasteiger partial charge is 0.488 e. The van der Waals surface area contributed by atoms with Crippen LogP contribution in [-0.4, -0.2) is 35.2 Å². The Morgan fingerprint density at radius 3 is 2.29 bits per heavy atom. The third kappa shape index (κ3) is 4.90. The van der Waals surface area contributed by atoms with Crippen molar-refractivity contribution in [3.05, 3.63) is 29.8 Å². The maximum absolute atomic E-state index is 9.13. The zero-order valence-electron chi connectivity index (χ0n) is 10.8. The third-order valence-electron chi connectivity index (χ3n) is 2.74. The molecule has 3 nitrogen and oxygen atoms in total. The summed E-state index contributed by atoms with van der Waals surface area (Å²) in [6.45, 7) is 7.40. The number of hydrogen-bond acceptors (Lipinski definition) is 3. The van der Waals surface area contributed by atoms with Gasteiger partial charge >= 0.3 is 7.12 Å². The van der Waals surface area contributed by atoms with Crippen LogP contribution in [0.15, 0.2) is 24.3 Å². The van der Waals surface area contributed by atoms with Crippen molar-refractivity contribution in [3.8, 4) is 0 Å². The molecule has 0 saturated heterocycles. The molecule has 0 saturated carbocycles. The molecular formula is C13H22BNO2. The van der Waals surface area contributed by atoms with Crippen LogP contribution < -0.4 is 5.46 Å². The number of hydrogen-bond donors (Lipinski definition) is 2. The Morgan fingerprint density at radius 1 is 1.12 bits per heavy atom. The maximum atomic E-state index is 9.13. The normalized spacial score (nSPS) is 10.9. The molecule has 0 fully saturated rings. The van der Waals surface area contributed by atoms with Crippen LogP contribution in [0.4, 0.5) is 0 Å². The summed E-state index contributed by atoms with van der Waals surface area (Å²) in [4.78, 5) is 2.39. The molecule has 2 N–H and O–H groups in total. The van der Waals surface area contributed by atoms with E-state index in [0.29, 0.717) is 5.46 Å². The van der Waals surface area contributed by atoms with Crippen LogP contribution >= 0.6 is 0 Å². The van der Waals surface area contributed by atoms with Gasteiger partial charge in [-0.25, -0.2) is 0 Å². The molecule has 0 unspecified atom stereocenters. The molecule has 1 aromatic rings. The summed E-state index contributed by atoms with van der Waals surface area (Å²) in [5.41, 5.74) is 1.70. The second-order valence-corrected chi connectivity index (χ2v) is 4.39. The van der Waals surface area contributed by atoms with Gasteiger partial charge in [-0.05, 0) is 37.0 Å². The highest BCUT2D eigenvalue weighted by atomic mass is 16.4. The fourth-order valence-corrected chi connectivity index (χ4v) is 2.01. The average molecular weight is 235 g/mol. The summed E-state index contributed by atoms with van der Waals surface area (Å²) in [5.74, 6) is 0. The van der Waals surface area contributed by atoms with Gasteiger partial charge in [0, 0.05) is 6.54 Å².